The minimum atomic E-state index is -0.230. The minimum Gasteiger partial charge on any atom is -0.453 e. The van der Waals surface area contributed by atoms with Gasteiger partial charge in [0.1, 0.15) is 6.10 Å². The number of ether oxygens (including phenoxy) is 1. The molecular weight excluding hydrogens is 226 g/mol. The molecule has 0 amide bonds. The lowest BCUT2D eigenvalue weighted by atomic mass is 10.1. The molecule has 1 heterocycles. The molecule has 18 heavy (non-hydrogen) atoms. The van der Waals surface area contributed by atoms with Crippen LogP contribution in [0.1, 0.15) is 31.7 Å². The van der Waals surface area contributed by atoms with E-state index in [1.165, 1.54) is 5.56 Å². The summed E-state index contributed by atoms with van der Waals surface area (Å²) in [5.74, 6) is -0.230. The number of hydrogen-bond donors (Lipinski definition) is 1. The van der Waals surface area contributed by atoms with E-state index in [4.69, 9.17) is 4.74 Å². The molecule has 0 radical (unpaired) electrons. The molecule has 0 unspecified atom stereocenters. The number of cyclic esters (lactones) is 1. The van der Waals surface area contributed by atoms with E-state index in [2.05, 4.69) is 24.4 Å². The van der Waals surface area contributed by atoms with Crippen LogP contribution in [0.15, 0.2) is 42.1 Å². The van der Waals surface area contributed by atoms with E-state index in [1.54, 1.807) is 6.08 Å². The zero-order valence-corrected chi connectivity index (χ0v) is 10.7. The summed E-state index contributed by atoms with van der Waals surface area (Å²) in [6, 6.07) is 10.1. The van der Waals surface area contributed by atoms with Crippen molar-refractivity contribution in [3.63, 3.8) is 0 Å². The van der Waals surface area contributed by atoms with Crippen LogP contribution in [0.3, 0.4) is 0 Å². The number of nitrogens with one attached hydrogen (secondary N) is 1. The Morgan fingerprint density at radius 1 is 1.28 bits per heavy atom. The van der Waals surface area contributed by atoms with Crippen LogP contribution in [-0.4, -0.2) is 12.1 Å². The maximum Gasteiger partial charge on any atom is 0.333 e. The van der Waals surface area contributed by atoms with E-state index in [0.29, 0.717) is 0 Å². The molecule has 0 aromatic heterocycles. The lowest BCUT2D eigenvalue weighted by molar-refractivity contribution is -0.139. The summed E-state index contributed by atoms with van der Waals surface area (Å²) in [5.41, 5.74) is 2.12. The Bertz CT molecular complexity index is 425. The fourth-order valence-electron chi connectivity index (χ4n) is 2.03. The molecule has 0 saturated heterocycles. The van der Waals surface area contributed by atoms with Gasteiger partial charge in [-0.15, -0.1) is 0 Å². The molecule has 1 aliphatic heterocycles. The number of benzene rings is 1. The van der Waals surface area contributed by atoms with E-state index in [-0.39, 0.29) is 12.1 Å². The van der Waals surface area contributed by atoms with Gasteiger partial charge in [-0.2, -0.15) is 0 Å². The normalized spacial score (nSPS) is 18.4. The molecule has 0 spiro atoms. The number of unbranched alkanes of at least 4 members (excludes halogenated alkanes) is 1. The third-order valence-corrected chi connectivity index (χ3v) is 3.04. The van der Waals surface area contributed by atoms with Gasteiger partial charge >= 0.3 is 5.97 Å². The van der Waals surface area contributed by atoms with Crippen LogP contribution in [0.25, 0.3) is 0 Å². The van der Waals surface area contributed by atoms with Crippen LogP contribution in [0, 0.1) is 0 Å². The summed E-state index contributed by atoms with van der Waals surface area (Å²) in [5, 5.41) is 3.30. The van der Waals surface area contributed by atoms with Crippen molar-refractivity contribution in [1.82, 2.24) is 5.32 Å². The summed E-state index contributed by atoms with van der Waals surface area (Å²) in [4.78, 5) is 11.3. The van der Waals surface area contributed by atoms with Gasteiger partial charge in [-0.1, -0.05) is 43.7 Å². The Kier molecular flexibility index (Phi) is 4.40. The smallest absolute Gasteiger partial charge is 0.333 e. The largest absolute Gasteiger partial charge is 0.453 e. The highest BCUT2D eigenvalue weighted by atomic mass is 16.5. The van der Waals surface area contributed by atoms with E-state index in [0.717, 1.165) is 31.5 Å². The minimum absolute atomic E-state index is 0.0823. The summed E-state index contributed by atoms with van der Waals surface area (Å²) in [7, 11) is 0. The molecule has 0 fully saturated rings. The van der Waals surface area contributed by atoms with Crippen LogP contribution < -0.4 is 5.32 Å². The second-order valence-electron chi connectivity index (χ2n) is 4.51. The van der Waals surface area contributed by atoms with Gasteiger partial charge in [-0.3, -0.25) is 0 Å². The lowest BCUT2D eigenvalue weighted by Crippen LogP contribution is -2.22. The van der Waals surface area contributed by atoms with Crippen LogP contribution >= 0.6 is 0 Å². The van der Waals surface area contributed by atoms with E-state index < -0.39 is 0 Å². The number of hydrogen-bond acceptors (Lipinski definition) is 3. The van der Waals surface area contributed by atoms with Gasteiger partial charge in [-0.25, -0.2) is 4.79 Å². The van der Waals surface area contributed by atoms with Crippen LogP contribution in [0.2, 0.25) is 0 Å². The first-order chi connectivity index (χ1) is 8.79. The quantitative estimate of drug-likeness (QED) is 0.783. The number of esters is 1. The molecule has 1 aromatic rings. The molecule has 1 aliphatic rings. The van der Waals surface area contributed by atoms with E-state index in [9.17, 15) is 4.79 Å². The van der Waals surface area contributed by atoms with Gasteiger partial charge in [0.25, 0.3) is 0 Å². The number of carbonyl (C=O) groups is 1. The molecule has 2 rings (SSSR count). The topological polar surface area (TPSA) is 38.3 Å². The van der Waals surface area contributed by atoms with Crippen LogP contribution in [0.5, 0.6) is 0 Å². The van der Waals surface area contributed by atoms with Gasteiger partial charge in [0.15, 0.2) is 0 Å². The standard InChI is InChI=1S/C15H19NO2/c1-2-3-9-14-13(10-15(17)18-14)16-11-12-7-5-4-6-8-12/h4-8,10,14,16H,2-3,9,11H2,1H3/t14-/m1/s1. The van der Waals surface area contributed by atoms with Crippen molar-refractivity contribution in [3.8, 4) is 0 Å². The number of carbonyl (C=O) groups excluding carboxylic acids is 1. The van der Waals surface area contributed by atoms with E-state index in [1.807, 2.05) is 18.2 Å². The maximum absolute atomic E-state index is 11.3. The fourth-order valence-corrected chi connectivity index (χ4v) is 2.03. The molecule has 1 atom stereocenters. The SMILES string of the molecule is CCCC[C@H]1OC(=O)C=C1NCc1ccccc1. The average Bonchev–Trinajstić information content (AvgIpc) is 2.75. The summed E-state index contributed by atoms with van der Waals surface area (Å²) < 4.78 is 5.27. The highest BCUT2D eigenvalue weighted by molar-refractivity contribution is 5.85. The summed E-state index contributed by atoms with van der Waals surface area (Å²) >= 11 is 0. The number of rotatable bonds is 6. The van der Waals surface area contributed by atoms with Gasteiger partial charge in [0, 0.05) is 12.6 Å². The van der Waals surface area contributed by atoms with Crippen molar-refractivity contribution >= 4 is 5.97 Å². The lowest BCUT2D eigenvalue weighted by Gasteiger charge is -2.15. The molecule has 0 aliphatic carbocycles. The van der Waals surface area contributed by atoms with E-state index >= 15 is 0 Å². The zero-order valence-electron chi connectivity index (χ0n) is 10.7. The van der Waals surface area contributed by atoms with Gasteiger partial charge in [-0.05, 0) is 18.4 Å². The van der Waals surface area contributed by atoms with Crippen molar-refractivity contribution in [3.05, 3.63) is 47.7 Å². The van der Waals surface area contributed by atoms with Crippen LogP contribution in [0.4, 0.5) is 0 Å². The molecular formula is C15H19NO2. The fraction of sp³-hybridized carbons (Fsp3) is 0.400. The van der Waals surface area contributed by atoms with Gasteiger partial charge in [0.05, 0.1) is 5.70 Å². The molecule has 0 bridgehead atoms. The Balaban J connectivity index is 1.90. The predicted octanol–water partition coefficient (Wildman–Crippen LogP) is 2.78. The Morgan fingerprint density at radius 3 is 2.78 bits per heavy atom. The third-order valence-electron chi connectivity index (χ3n) is 3.04. The molecule has 0 saturated carbocycles. The van der Waals surface area contributed by atoms with Crippen molar-refractivity contribution < 1.29 is 9.53 Å². The predicted molar refractivity (Wildman–Crippen MR) is 70.8 cm³/mol. The van der Waals surface area contributed by atoms with Gasteiger partial charge in [0.2, 0.25) is 0 Å². The first-order valence-electron chi connectivity index (χ1n) is 6.49. The zero-order chi connectivity index (χ0) is 12.8. The molecule has 1 aromatic carbocycles. The first kappa shape index (κ1) is 12.7. The average molecular weight is 245 g/mol. The highest BCUT2D eigenvalue weighted by Crippen LogP contribution is 2.19. The maximum atomic E-state index is 11.3. The Hall–Kier alpha value is -1.77. The summed E-state index contributed by atoms with van der Waals surface area (Å²) in [6.07, 6.45) is 4.57. The third kappa shape index (κ3) is 3.36. The second kappa shape index (κ2) is 6.24. The molecule has 96 valence electrons. The van der Waals surface area contributed by atoms with Crippen molar-refractivity contribution in [1.29, 1.82) is 0 Å². The molecule has 3 heteroatoms. The highest BCUT2D eigenvalue weighted by Gasteiger charge is 2.25. The summed E-state index contributed by atoms with van der Waals surface area (Å²) in [6.45, 7) is 2.86. The van der Waals surface area contributed by atoms with Crippen LogP contribution in [-0.2, 0) is 16.1 Å². The van der Waals surface area contributed by atoms with Crippen molar-refractivity contribution in [2.75, 3.05) is 0 Å². The monoisotopic (exact) mass is 245 g/mol. The van der Waals surface area contributed by atoms with Gasteiger partial charge < -0.3 is 10.1 Å². The molecule has 1 N–H and O–H groups in total. The molecule has 3 nitrogen and oxygen atoms in total. The van der Waals surface area contributed by atoms with Crippen molar-refractivity contribution in [2.24, 2.45) is 0 Å². The first-order valence-corrected chi connectivity index (χ1v) is 6.49. The second-order valence-corrected chi connectivity index (χ2v) is 4.51. The van der Waals surface area contributed by atoms with Crippen molar-refractivity contribution in [2.45, 2.75) is 38.8 Å². The Labute approximate surface area is 108 Å². The Morgan fingerprint density at radius 2 is 2.06 bits per heavy atom.